The monoisotopic (exact) mass is 326 g/mol. The molecule has 7 nitrogen and oxygen atoms in total. The molecule has 1 atom stereocenters. The Hall–Kier alpha value is -2.46. The fourth-order valence-electron chi connectivity index (χ4n) is 2.92. The van der Waals surface area contributed by atoms with Gasteiger partial charge in [0.1, 0.15) is 5.82 Å². The third kappa shape index (κ3) is 3.54. The molecule has 0 aromatic carbocycles. The van der Waals surface area contributed by atoms with Crippen LogP contribution in [0, 0.1) is 11.3 Å². The quantitative estimate of drug-likeness (QED) is 0.832. The van der Waals surface area contributed by atoms with Gasteiger partial charge < -0.3 is 9.42 Å². The second-order valence-electron chi connectivity index (χ2n) is 6.01. The number of hydrogen-bond donors (Lipinski definition) is 0. The summed E-state index contributed by atoms with van der Waals surface area (Å²) in [5, 5.41) is 13.1. The summed E-state index contributed by atoms with van der Waals surface area (Å²) in [6, 6.07) is 5.85. The Bertz CT molecular complexity index is 714. The highest BCUT2D eigenvalue weighted by Crippen LogP contribution is 2.22. The maximum atomic E-state index is 9.01. The first-order valence-corrected chi connectivity index (χ1v) is 8.39. The largest absolute Gasteiger partial charge is 0.354 e. The van der Waals surface area contributed by atoms with Crippen LogP contribution in [0.1, 0.15) is 43.6 Å². The van der Waals surface area contributed by atoms with Crippen molar-refractivity contribution >= 4 is 5.82 Å². The molecule has 24 heavy (non-hydrogen) atoms. The van der Waals surface area contributed by atoms with Crippen molar-refractivity contribution in [2.75, 3.05) is 31.1 Å². The van der Waals surface area contributed by atoms with Gasteiger partial charge in [0.25, 0.3) is 0 Å². The maximum Gasteiger partial charge on any atom is 0.243 e. The molecule has 1 fully saturated rings. The molecule has 3 rings (SSSR count). The van der Waals surface area contributed by atoms with Crippen LogP contribution >= 0.6 is 0 Å². The number of aryl methyl sites for hydroxylation is 1. The zero-order valence-electron chi connectivity index (χ0n) is 14.1. The van der Waals surface area contributed by atoms with Crippen LogP contribution in [-0.2, 0) is 6.42 Å². The normalized spacial score (nSPS) is 16.8. The number of pyridine rings is 1. The van der Waals surface area contributed by atoms with E-state index in [0.29, 0.717) is 11.5 Å². The Morgan fingerprint density at radius 1 is 1.33 bits per heavy atom. The Morgan fingerprint density at radius 2 is 2.12 bits per heavy atom. The smallest absolute Gasteiger partial charge is 0.243 e. The van der Waals surface area contributed by atoms with E-state index in [0.717, 1.165) is 50.7 Å². The van der Waals surface area contributed by atoms with Crippen LogP contribution in [0.3, 0.4) is 0 Å². The zero-order valence-corrected chi connectivity index (χ0v) is 14.1. The van der Waals surface area contributed by atoms with Crippen molar-refractivity contribution in [1.29, 1.82) is 5.26 Å². The SMILES string of the molecule is CCCc1noc(C(C)N2CCN(c3cc(C#N)ccn3)CC2)n1. The van der Waals surface area contributed by atoms with Crippen LogP contribution < -0.4 is 4.90 Å². The van der Waals surface area contributed by atoms with Crippen molar-refractivity contribution in [3.8, 4) is 6.07 Å². The zero-order chi connectivity index (χ0) is 16.9. The molecule has 0 saturated carbocycles. The van der Waals surface area contributed by atoms with Gasteiger partial charge in [-0.1, -0.05) is 12.1 Å². The molecule has 7 heteroatoms. The third-order valence-corrected chi connectivity index (χ3v) is 4.38. The first-order valence-electron chi connectivity index (χ1n) is 8.39. The van der Waals surface area contributed by atoms with E-state index in [4.69, 9.17) is 9.78 Å². The second kappa shape index (κ2) is 7.41. The number of anilines is 1. The van der Waals surface area contributed by atoms with Gasteiger partial charge in [-0.05, 0) is 25.5 Å². The number of rotatable bonds is 5. The molecular formula is C17H22N6O. The van der Waals surface area contributed by atoms with E-state index in [1.807, 2.05) is 6.07 Å². The fraction of sp³-hybridized carbons (Fsp3) is 0.529. The lowest BCUT2D eigenvalue weighted by molar-refractivity contribution is 0.164. The van der Waals surface area contributed by atoms with E-state index in [9.17, 15) is 0 Å². The first-order chi connectivity index (χ1) is 11.7. The Balaban J connectivity index is 1.60. The maximum absolute atomic E-state index is 9.01. The summed E-state index contributed by atoms with van der Waals surface area (Å²) in [6.07, 6.45) is 3.56. The third-order valence-electron chi connectivity index (χ3n) is 4.38. The summed E-state index contributed by atoms with van der Waals surface area (Å²) in [5.41, 5.74) is 0.644. The van der Waals surface area contributed by atoms with E-state index in [1.54, 1.807) is 12.3 Å². The van der Waals surface area contributed by atoms with Gasteiger partial charge in [-0.15, -0.1) is 0 Å². The minimum absolute atomic E-state index is 0.114. The van der Waals surface area contributed by atoms with Crippen LogP contribution in [0.25, 0.3) is 0 Å². The van der Waals surface area contributed by atoms with Gasteiger partial charge in [0.2, 0.25) is 5.89 Å². The summed E-state index contributed by atoms with van der Waals surface area (Å²) in [4.78, 5) is 13.4. The summed E-state index contributed by atoms with van der Waals surface area (Å²) >= 11 is 0. The van der Waals surface area contributed by atoms with Gasteiger partial charge in [-0.2, -0.15) is 10.2 Å². The van der Waals surface area contributed by atoms with Gasteiger partial charge in [0.15, 0.2) is 5.82 Å². The predicted octanol–water partition coefficient (Wildman–Crippen LogP) is 2.17. The summed E-state index contributed by atoms with van der Waals surface area (Å²) in [7, 11) is 0. The highest BCUT2D eigenvalue weighted by Gasteiger charge is 2.26. The Labute approximate surface area is 141 Å². The van der Waals surface area contributed by atoms with Crippen molar-refractivity contribution in [2.45, 2.75) is 32.7 Å². The lowest BCUT2D eigenvalue weighted by Gasteiger charge is -2.37. The molecular weight excluding hydrogens is 304 g/mol. The molecule has 2 aromatic rings. The molecule has 126 valence electrons. The molecule has 3 heterocycles. The van der Waals surface area contributed by atoms with E-state index in [2.05, 4.69) is 44.8 Å². The van der Waals surface area contributed by atoms with E-state index >= 15 is 0 Å². The topological polar surface area (TPSA) is 82.1 Å². The van der Waals surface area contributed by atoms with Crippen LogP contribution in [0.2, 0.25) is 0 Å². The van der Waals surface area contributed by atoms with Crippen LogP contribution in [0.5, 0.6) is 0 Å². The average Bonchev–Trinajstić information content (AvgIpc) is 3.10. The van der Waals surface area contributed by atoms with Crippen LogP contribution in [0.4, 0.5) is 5.82 Å². The number of piperazine rings is 1. The predicted molar refractivity (Wildman–Crippen MR) is 89.4 cm³/mol. The second-order valence-corrected chi connectivity index (χ2v) is 6.01. The molecule has 0 bridgehead atoms. The van der Waals surface area contributed by atoms with Gasteiger partial charge in [0, 0.05) is 38.8 Å². The fourth-order valence-corrected chi connectivity index (χ4v) is 2.92. The van der Waals surface area contributed by atoms with Gasteiger partial charge >= 0.3 is 0 Å². The van der Waals surface area contributed by atoms with Crippen molar-refractivity contribution in [3.63, 3.8) is 0 Å². The number of nitrogens with zero attached hydrogens (tertiary/aromatic N) is 6. The summed E-state index contributed by atoms with van der Waals surface area (Å²) in [6.45, 7) is 7.72. The molecule has 1 unspecified atom stereocenters. The van der Waals surface area contributed by atoms with Gasteiger partial charge in [-0.25, -0.2) is 4.98 Å². The lowest BCUT2D eigenvalue weighted by atomic mass is 10.2. The van der Waals surface area contributed by atoms with Gasteiger partial charge in [0.05, 0.1) is 17.7 Å². The molecule has 1 saturated heterocycles. The Morgan fingerprint density at radius 3 is 2.83 bits per heavy atom. The number of aromatic nitrogens is 3. The minimum atomic E-state index is 0.114. The molecule has 1 aliphatic rings. The highest BCUT2D eigenvalue weighted by atomic mass is 16.5. The van der Waals surface area contributed by atoms with E-state index in [1.165, 1.54) is 0 Å². The summed E-state index contributed by atoms with van der Waals surface area (Å²) < 4.78 is 5.41. The van der Waals surface area contributed by atoms with Crippen molar-refractivity contribution < 1.29 is 4.52 Å². The van der Waals surface area contributed by atoms with E-state index in [-0.39, 0.29) is 6.04 Å². The van der Waals surface area contributed by atoms with Crippen molar-refractivity contribution in [3.05, 3.63) is 35.6 Å². The molecule has 0 radical (unpaired) electrons. The number of nitriles is 1. The minimum Gasteiger partial charge on any atom is -0.354 e. The molecule has 2 aromatic heterocycles. The number of hydrogen-bond acceptors (Lipinski definition) is 7. The van der Waals surface area contributed by atoms with Gasteiger partial charge in [-0.3, -0.25) is 4.90 Å². The van der Waals surface area contributed by atoms with Crippen molar-refractivity contribution in [1.82, 2.24) is 20.0 Å². The lowest BCUT2D eigenvalue weighted by Crippen LogP contribution is -2.47. The molecule has 0 N–H and O–H groups in total. The molecule has 1 aliphatic heterocycles. The Kier molecular flexibility index (Phi) is 5.06. The molecule has 0 aliphatic carbocycles. The van der Waals surface area contributed by atoms with Crippen LogP contribution in [0.15, 0.2) is 22.9 Å². The summed E-state index contributed by atoms with van der Waals surface area (Å²) in [5.74, 6) is 2.34. The van der Waals surface area contributed by atoms with E-state index < -0.39 is 0 Å². The average molecular weight is 326 g/mol. The van der Waals surface area contributed by atoms with Crippen molar-refractivity contribution in [2.24, 2.45) is 0 Å². The molecule has 0 spiro atoms. The first kappa shape index (κ1) is 16.4. The highest BCUT2D eigenvalue weighted by molar-refractivity contribution is 5.45. The standard InChI is InChI=1S/C17H22N6O/c1-3-4-15-20-17(24-21-15)13(2)22-7-9-23(10-8-22)16-11-14(12-18)5-6-19-16/h5-6,11,13H,3-4,7-10H2,1-2H3. The molecule has 0 amide bonds. The van der Waals surface area contributed by atoms with Crippen LogP contribution in [-0.4, -0.2) is 46.2 Å².